The van der Waals surface area contributed by atoms with Crippen molar-refractivity contribution in [3.8, 4) is 0 Å². The molecular weight excluding hydrogens is 218 g/mol. The molecule has 0 bridgehead atoms. The summed E-state index contributed by atoms with van der Waals surface area (Å²) in [6, 6.07) is 0.574. The van der Waals surface area contributed by atoms with Crippen molar-refractivity contribution in [3.05, 3.63) is 11.1 Å². The van der Waals surface area contributed by atoms with Crippen molar-refractivity contribution < 1.29 is 0 Å². The summed E-state index contributed by atoms with van der Waals surface area (Å²) in [6.07, 6.45) is 3.19. The minimum atomic E-state index is 0.574. The first-order chi connectivity index (χ1) is 7.49. The van der Waals surface area contributed by atoms with E-state index in [9.17, 15) is 0 Å². The summed E-state index contributed by atoms with van der Waals surface area (Å²) in [5.74, 6) is 0.751. The van der Waals surface area contributed by atoms with Gasteiger partial charge >= 0.3 is 0 Å². The minimum Gasteiger partial charge on any atom is -0.354 e. The molecule has 0 amide bonds. The predicted octanol–water partition coefficient (Wildman–Crippen LogP) is 2.73. The monoisotopic (exact) mass is 241 g/mol. The molecular formula is C12H23N3S. The molecule has 0 spiro atoms. The van der Waals surface area contributed by atoms with Gasteiger partial charge < -0.3 is 10.2 Å². The first-order valence-electron chi connectivity index (χ1n) is 5.84. The molecule has 0 aliphatic rings. The molecule has 0 saturated carbocycles. The van der Waals surface area contributed by atoms with E-state index in [0.717, 1.165) is 17.6 Å². The number of hydrogen-bond acceptors (Lipinski definition) is 4. The molecule has 1 aromatic heterocycles. The summed E-state index contributed by atoms with van der Waals surface area (Å²) >= 11 is 1.75. The lowest BCUT2D eigenvalue weighted by Crippen LogP contribution is -2.26. The third kappa shape index (κ3) is 4.49. The predicted molar refractivity (Wildman–Crippen MR) is 72.2 cm³/mol. The van der Waals surface area contributed by atoms with Crippen LogP contribution in [-0.2, 0) is 6.54 Å². The average Bonchev–Trinajstić information content (AvgIpc) is 2.61. The molecule has 3 nitrogen and oxygen atoms in total. The fourth-order valence-corrected chi connectivity index (χ4v) is 2.43. The lowest BCUT2D eigenvalue weighted by Gasteiger charge is -2.14. The Kier molecular flexibility index (Phi) is 5.22. The van der Waals surface area contributed by atoms with Gasteiger partial charge in [0, 0.05) is 37.8 Å². The summed E-state index contributed by atoms with van der Waals surface area (Å²) in [7, 11) is 4.05. The maximum Gasteiger partial charge on any atom is 0.185 e. The van der Waals surface area contributed by atoms with Crippen LogP contribution < -0.4 is 10.2 Å². The van der Waals surface area contributed by atoms with Crippen LogP contribution in [0.3, 0.4) is 0 Å². The van der Waals surface area contributed by atoms with Gasteiger partial charge in [0.1, 0.15) is 0 Å². The fraction of sp³-hybridized carbons (Fsp3) is 0.750. The molecule has 0 fully saturated rings. The zero-order chi connectivity index (χ0) is 12.1. The van der Waals surface area contributed by atoms with Crippen LogP contribution in [0.2, 0.25) is 0 Å². The van der Waals surface area contributed by atoms with Crippen LogP contribution in [-0.4, -0.2) is 25.1 Å². The average molecular weight is 241 g/mol. The SMILES string of the molecule is CC(C)CC(C)NCc1cnc(N(C)C)s1. The normalized spacial score (nSPS) is 13.1. The smallest absolute Gasteiger partial charge is 0.185 e. The van der Waals surface area contributed by atoms with E-state index in [1.54, 1.807) is 11.3 Å². The quantitative estimate of drug-likeness (QED) is 0.830. The second-order valence-electron chi connectivity index (χ2n) is 4.92. The Balaban J connectivity index is 2.36. The van der Waals surface area contributed by atoms with Gasteiger partial charge in [-0.3, -0.25) is 0 Å². The Labute approximate surface area is 103 Å². The second kappa shape index (κ2) is 6.21. The molecule has 1 unspecified atom stereocenters. The Morgan fingerprint density at radius 3 is 2.56 bits per heavy atom. The number of aromatic nitrogens is 1. The molecule has 1 N–H and O–H groups in total. The molecule has 1 atom stereocenters. The number of nitrogens with zero attached hydrogens (tertiary/aromatic N) is 2. The van der Waals surface area contributed by atoms with E-state index in [1.165, 1.54) is 11.3 Å². The summed E-state index contributed by atoms with van der Waals surface area (Å²) in [4.78, 5) is 7.71. The molecule has 0 radical (unpaired) electrons. The third-order valence-electron chi connectivity index (χ3n) is 2.37. The van der Waals surface area contributed by atoms with Crippen molar-refractivity contribution in [3.63, 3.8) is 0 Å². The number of hydrogen-bond donors (Lipinski definition) is 1. The highest BCUT2D eigenvalue weighted by molar-refractivity contribution is 7.15. The van der Waals surface area contributed by atoms with E-state index in [2.05, 4.69) is 31.1 Å². The van der Waals surface area contributed by atoms with E-state index >= 15 is 0 Å². The minimum absolute atomic E-state index is 0.574. The Hall–Kier alpha value is -0.610. The van der Waals surface area contributed by atoms with Crippen molar-refractivity contribution in [2.24, 2.45) is 5.92 Å². The van der Waals surface area contributed by atoms with Crippen molar-refractivity contribution in [1.29, 1.82) is 0 Å². The summed E-state index contributed by atoms with van der Waals surface area (Å²) in [5.41, 5.74) is 0. The van der Waals surface area contributed by atoms with Crippen molar-refractivity contribution in [2.45, 2.75) is 39.8 Å². The molecule has 1 heterocycles. The van der Waals surface area contributed by atoms with Crippen LogP contribution in [0, 0.1) is 5.92 Å². The standard InChI is InChI=1S/C12H23N3S/c1-9(2)6-10(3)13-7-11-8-14-12(16-11)15(4)5/h8-10,13H,6-7H2,1-5H3. The largest absolute Gasteiger partial charge is 0.354 e. The first-order valence-corrected chi connectivity index (χ1v) is 6.66. The molecule has 0 saturated heterocycles. The summed E-state index contributed by atoms with van der Waals surface area (Å²) in [6.45, 7) is 7.69. The number of thiazole rings is 1. The molecule has 92 valence electrons. The van der Waals surface area contributed by atoms with E-state index < -0.39 is 0 Å². The lowest BCUT2D eigenvalue weighted by atomic mass is 10.1. The highest BCUT2D eigenvalue weighted by atomic mass is 32.1. The Bertz CT molecular complexity index is 307. The summed E-state index contributed by atoms with van der Waals surface area (Å²) < 4.78 is 0. The molecule has 0 aliphatic heterocycles. The maximum absolute atomic E-state index is 4.36. The number of anilines is 1. The molecule has 1 rings (SSSR count). The van der Waals surface area contributed by atoms with Gasteiger partial charge in [-0.1, -0.05) is 13.8 Å². The van der Waals surface area contributed by atoms with Crippen LogP contribution in [0.25, 0.3) is 0 Å². The Morgan fingerprint density at radius 2 is 2.06 bits per heavy atom. The first kappa shape index (κ1) is 13.5. The van der Waals surface area contributed by atoms with E-state index in [-0.39, 0.29) is 0 Å². The van der Waals surface area contributed by atoms with Gasteiger partial charge in [0.15, 0.2) is 5.13 Å². The van der Waals surface area contributed by atoms with Crippen LogP contribution in [0.5, 0.6) is 0 Å². The zero-order valence-corrected chi connectivity index (χ0v) is 11.8. The summed E-state index contributed by atoms with van der Waals surface area (Å²) in [5, 5.41) is 4.61. The highest BCUT2D eigenvalue weighted by Gasteiger charge is 2.07. The van der Waals surface area contributed by atoms with Gasteiger partial charge in [0.2, 0.25) is 0 Å². The van der Waals surface area contributed by atoms with Crippen LogP contribution in [0.1, 0.15) is 32.1 Å². The van der Waals surface area contributed by atoms with Crippen molar-refractivity contribution >= 4 is 16.5 Å². The fourth-order valence-electron chi connectivity index (χ4n) is 1.65. The van der Waals surface area contributed by atoms with Gasteiger partial charge in [-0.05, 0) is 19.3 Å². The number of rotatable bonds is 6. The van der Waals surface area contributed by atoms with Crippen LogP contribution in [0.4, 0.5) is 5.13 Å². The highest BCUT2D eigenvalue weighted by Crippen LogP contribution is 2.20. The van der Waals surface area contributed by atoms with Gasteiger partial charge in [-0.2, -0.15) is 0 Å². The van der Waals surface area contributed by atoms with Crippen molar-refractivity contribution in [2.75, 3.05) is 19.0 Å². The lowest BCUT2D eigenvalue weighted by molar-refractivity contribution is 0.443. The maximum atomic E-state index is 4.36. The molecule has 16 heavy (non-hydrogen) atoms. The molecule has 4 heteroatoms. The van der Waals surface area contributed by atoms with E-state index in [0.29, 0.717) is 6.04 Å². The molecule has 1 aromatic rings. The topological polar surface area (TPSA) is 28.2 Å². The van der Waals surface area contributed by atoms with Crippen LogP contribution >= 0.6 is 11.3 Å². The molecule has 0 aromatic carbocycles. The van der Waals surface area contributed by atoms with Crippen LogP contribution in [0.15, 0.2) is 6.20 Å². The van der Waals surface area contributed by atoms with Gasteiger partial charge in [-0.25, -0.2) is 4.98 Å². The third-order valence-corrected chi connectivity index (χ3v) is 3.54. The van der Waals surface area contributed by atoms with Gasteiger partial charge in [0.05, 0.1) is 0 Å². The van der Waals surface area contributed by atoms with Gasteiger partial charge in [0.25, 0.3) is 0 Å². The van der Waals surface area contributed by atoms with E-state index in [4.69, 9.17) is 0 Å². The molecule has 0 aliphatic carbocycles. The Morgan fingerprint density at radius 1 is 1.38 bits per heavy atom. The second-order valence-corrected chi connectivity index (χ2v) is 6.01. The van der Waals surface area contributed by atoms with Gasteiger partial charge in [-0.15, -0.1) is 11.3 Å². The number of nitrogens with one attached hydrogen (secondary N) is 1. The zero-order valence-electron chi connectivity index (χ0n) is 10.9. The van der Waals surface area contributed by atoms with Crippen molar-refractivity contribution in [1.82, 2.24) is 10.3 Å². The van der Waals surface area contributed by atoms with E-state index in [1.807, 2.05) is 25.2 Å².